The minimum absolute atomic E-state index is 0.181. The highest BCUT2D eigenvalue weighted by molar-refractivity contribution is 6.03. The summed E-state index contributed by atoms with van der Waals surface area (Å²) >= 11 is 0. The van der Waals surface area contributed by atoms with Gasteiger partial charge >= 0.3 is 23.9 Å². The van der Waals surface area contributed by atoms with Gasteiger partial charge in [0.15, 0.2) is 11.8 Å². The Labute approximate surface area is 197 Å². The maximum atomic E-state index is 12.8. The molecule has 2 aliphatic rings. The van der Waals surface area contributed by atoms with Gasteiger partial charge in [-0.15, -0.1) is 0 Å². The Morgan fingerprint density at radius 3 is 1.15 bits per heavy atom. The summed E-state index contributed by atoms with van der Waals surface area (Å²) in [4.78, 5) is 49.4. The number of carboxylic acids is 2. The molecule has 0 aromatic heterocycles. The largest absolute Gasteiger partial charge is 0.481 e. The van der Waals surface area contributed by atoms with Crippen molar-refractivity contribution >= 4 is 23.9 Å². The Hall–Kier alpha value is -1.92. The first kappa shape index (κ1) is 27.3. The molecule has 7 heteroatoms. The lowest BCUT2D eigenvalue weighted by Gasteiger charge is -2.40. The van der Waals surface area contributed by atoms with Gasteiger partial charge in [-0.25, -0.2) is 0 Å². The first-order chi connectivity index (χ1) is 15.6. The normalized spacial score (nSPS) is 22.8. The molecular weight excluding hydrogens is 424 g/mol. The lowest BCUT2D eigenvalue weighted by Crippen LogP contribution is -2.42. The molecule has 0 bridgehead atoms. The number of ether oxygens (including phenoxy) is 1. The predicted molar refractivity (Wildman–Crippen MR) is 123 cm³/mol. The maximum Gasteiger partial charge on any atom is 0.328 e. The van der Waals surface area contributed by atoms with Crippen LogP contribution in [0.2, 0.25) is 0 Å². The Balaban J connectivity index is 2.07. The molecule has 2 saturated carbocycles. The van der Waals surface area contributed by atoms with Crippen LogP contribution in [-0.4, -0.2) is 34.1 Å². The van der Waals surface area contributed by atoms with Crippen LogP contribution < -0.4 is 0 Å². The SMILES string of the molecule is CCC1(CC)CCC(C(C(=O)O)C(=O)OC(=O)C(C(=O)O)C2CCC(CC)(CC)CC2)CC1. The monoisotopic (exact) mass is 466 g/mol. The summed E-state index contributed by atoms with van der Waals surface area (Å²) in [6, 6.07) is 0. The Bertz CT molecular complexity index is 640. The van der Waals surface area contributed by atoms with Crippen LogP contribution in [0.5, 0.6) is 0 Å². The maximum absolute atomic E-state index is 12.8. The van der Waals surface area contributed by atoms with Crippen LogP contribution in [-0.2, 0) is 23.9 Å². The van der Waals surface area contributed by atoms with Gasteiger partial charge in [-0.05, 0) is 74.0 Å². The molecule has 0 aliphatic heterocycles. The molecule has 188 valence electrons. The van der Waals surface area contributed by atoms with E-state index in [0.29, 0.717) is 25.7 Å². The lowest BCUT2D eigenvalue weighted by molar-refractivity contribution is -0.175. The summed E-state index contributed by atoms with van der Waals surface area (Å²) in [7, 11) is 0. The van der Waals surface area contributed by atoms with Gasteiger partial charge < -0.3 is 14.9 Å². The number of esters is 2. The summed E-state index contributed by atoms with van der Waals surface area (Å²) in [5.74, 6) is -8.52. The zero-order valence-corrected chi connectivity index (χ0v) is 20.7. The second-order valence-electron chi connectivity index (χ2n) is 10.5. The van der Waals surface area contributed by atoms with Crippen LogP contribution >= 0.6 is 0 Å². The molecule has 0 radical (unpaired) electrons. The van der Waals surface area contributed by atoms with E-state index in [1.165, 1.54) is 0 Å². The first-order valence-electron chi connectivity index (χ1n) is 12.8. The zero-order valence-electron chi connectivity index (χ0n) is 20.7. The van der Waals surface area contributed by atoms with E-state index >= 15 is 0 Å². The van der Waals surface area contributed by atoms with E-state index in [2.05, 4.69) is 27.7 Å². The molecule has 2 aliphatic carbocycles. The van der Waals surface area contributed by atoms with Crippen molar-refractivity contribution in [1.29, 1.82) is 0 Å². The third-order valence-electron chi connectivity index (χ3n) is 9.37. The van der Waals surface area contributed by atoms with Crippen LogP contribution in [0.3, 0.4) is 0 Å². The topological polar surface area (TPSA) is 118 Å². The minimum atomic E-state index is -1.44. The number of carbonyl (C=O) groups excluding carboxylic acids is 2. The van der Waals surface area contributed by atoms with Crippen molar-refractivity contribution in [3.05, 3.63) is 0 Å². The molecule has 0 heterocycles. The number of carboxylic acid groups (broad SMARTS) is 2. The highest BCUT2D eigenvalue weighted by atomic mass is 16.6. The number of carbonyl (C=O) groups is 4. The van der Waals surface area contributed by atoms with E-state index in [1.807, 2.05) is 0 Å². The smallest absolute Gasteiger partial charge is 0.328 e. The fourth-order valence-corrected chi connectivity index (χ4v) is 6.30. The summed E-state index contributed by atoms with van der Waals surface area (Å²) in [6.45, 7) is 8.53. The summed E-state index contributed by atoms with van der Waals surface area (Å²) < 4.78 is 4.97. The van der Waals surface area contributed by atoms with Gasteiger partial charge in [-0.3, -0.25) is 19.2 Å². The molecule has 2 rings (SSSR count). The summed E-state index contributed by atoms with van der Waals surface area (Å²) in [5.41, 5.74) is 0.363. The third kappa shape index (κ3) is 6.15. The quantitative estimate of drug-likeness (QED) is 0.324. The van der Waals surface area contributed by atoms with Crippen LogP contribution in [0.25, 0.3) is 0 Å². The van der Waals surface area contributed by atoms with Crippen molar-refractivity contribution in [2.24, 2.45) is 34.5 Å². The highest BCUT2D eigenvalue weighted by Crippen LogP contribution is 2.47. The van der Waals surface area contributed by atoms with Gasteiger partial charge in [0, 0.05) is 0 Å². The summed E-state index contributed by atoms with van der Waals surface area (Å²) in [5, 5.41) is 19.5. The molecule has 0 saturated heterocycles. The second-order valence-corrected chi connectivity index (χ2v) is 10.5. The van der Waals surface area contributed by atoms with Gasteiger partial charge in [0.1, 0.15) is 0 Å². The third-order valence-corrected chi connectivity index (χ3v) is 9.37. The van der Waals surface area contributed by atoms with Gasteiger partial charge in [-0.1, -0.05) is 53.4 Å². The molecule has 0 spiro atoms. The van der Waals surface area contributed by atoms with Gasteiger partial charge in [-0.2, -0.15) is 0 Å². The highest BCUT2D eigenvalue weighted by Gasteiger charge is 2.46. The van der Waals surface area contributed by atoms with Crippen molar-refractivity contribution in [1.82, 2.24) is 0 Å². The van der Waals surface area contributed by atoms with Crippen LogP contribution in [0.1, 0.15) is 105 Å². The minimum Gasteiger partial charge on any atom is -0.481 e. The Morgan fingerprint density at radius 1 is 0.667 bits per heavy atom. The van der Waals surface area contributed by atoms with Crippen molar-refractivity contribution in [2.45, 2.75) is 105 Å². The molecule has 0 aromatic rings. The number of rotatable bonds is 10. The second kappa shape index (κ2) is 11.5. The van der Waals surface area contributed by atoms with E-state index in [4.69, 9.17) is 4.74 Å². The molecule has 0 aromatic carbocycles. The fraction of sp³-hybridized carbons (Fsp3) is 0.846. The zero-order chi connectivity index (χ0) is 24.8. The molecule has 0 amide bonds. The molecule has 33 heavy (non-hydrogen) atoms. The van der Waals surface area contributed by atoms with Crippen LogP contribution in [0, 0.1) is 34.5 Å². The van der Waals surface area contributed by atoms with Crippen LogP contribution in [0.15, 0.2) is 0 Å². The van der Waals surface area contributed by atoms with Crippen molar-refractivity contribution < 1.29 is 34.1 Å². The van der Waals surface area contributed by atoms with Gasteiger partial charge in [0.25, 0.3) is 0 Å². The number of hydrogen-bond acceptors (Lipinski definition) is 5. The first-order valence-corrected chi connectivity index (χ1v) is 12.8. The van der Waals surface area contributed by atoms with E-state index in [9.17, 15) is 29.4 Å². The van der Waals surface area contributed by atoms with Crippen molar-refractivity contribution in [2.75, 3.05) is 0 Å². The van der Waals surface area contributed by atoms with E-state index in [-0.39, 0.29) is 10.8 Å². The fourth-order valence-electron chi connectivity index (χ4n) is 6.30. The number of hydrogen-bond donors (Lipinski definition) is 2. The Kier molecular flexibility index (Phi) is 9.50. The molecule has 2 fully saturated rings. The molecule has 7 nitrogen and oxygen atoms in total. The van der Waals surface area contributed by atoms with E-state index in [1.54, 1.807) is 0 Å². The standard InChI is InChI=1S/C26H42O7/c1-5-25(6-2)13-9-17(10-14-25)19(21(27)28)23(31)33-24(32)20(22(29)30)18-11-15-26(7-3,8-4)16-12-18/h17-20H,5-16H2,1-4H3,(H,27,28)(H,29,30). The summed E-state index contributed by atoms with van der Waals surface area (Å²) in [6.07, 6.45) is 9.74. The van der Waals surface area contributed by atoms with Gasteiger partial charge in [0.2, 0.25) is 0 Å². The lowest BCUT2D eigenvalue weighted by atomic mass is 9.65. The Morgan fingerprint density at radius 2 is 0.939 bits per heavy atom. The van der Waals surface area contributed by atoms with E-state index < -0.39 is 47.5 Å². The van der Waals surface area contributed by atoms with Crippen LogP contribution in [0.4, 0.5) is 0 Å². The predicted octanol–water partition coefficient (Wildman–Crippen LogP) is 5.45. The number of aliphatic carboxylic acids is 2. The van der Waals surface area contributed by atoms with Gasteiger partial charge in [0.05, 0.1) is 0 Å². The molecular formula is C26H42O7. The van der Waals surface area contributed by atoms with E-state index in [0.717, 1.165) is 51.4 Å². The van der Waals surface area contributed by atoms with Crippen molar-refractivity contribution in [3.8, 4) is 0 Å². The molecule has 2 atom stereocenters. The average Bonchev–Trinajstić information content (AvgIpc) is 2.80. The average molecular weight is 467 g/mol. The molecule has 2 N–H and O–H groups in total. The van der Waals surface area contributed by atoms with Crippen molar-refractivity contribution in [3.63, 3.8) is 0 Å². The molecule has 2 unspecified atom stereocenters.